The van der Waals surface area contributed by atoms with Crippen molar-refractivity contribution in [3.05, 3.63) is 60.0 Å². The van der Waals surface area contributed by atoms with Crippen molar-refractivity contribution in [3.8, 4) is 11.5 Å². The molecule has 3 nitrogen and oxygen atoms in total. The molecule has 1 heterocycles. The smallest absolute Gasteiger partial charge is 0.133 e. The Morgan fingerprint density at radius 1 is 1.05 bits per heavy atom. The van der Waals surface area contributed by atoms with Gasteiger partial charge in [-0.3, -0.25) is 0 Å². The summed E-state index contributed by atoms with van der Waals surface area (Å²) in [4.78, 5) is 3.11. The number of fused-ring (bicyclic) bond motifs is 1. The molecule has 0 aliphatic rings. The molecule has 0 fully saturated rings. The van der Waals surface area contributed by atoms with Crippen LogP contribution in [0.3, 0.4) is 0 Å². The van der Waals surface area contributed by atoms with E-state index in [1.807, 2.05) is 30.5 Å². The number of halogens is 1. The van der Waals surface area contributed by atoms with Gasteiger partial charge in [0.05, 0.1) is 7.11 Å². The molecular weight excluding hydrogens is 257 g/mol. The molecule has 1 aromatic heterocycles. The van der Waals surface area contributed by atoms with Crippen LogP contribution in [0.2, 0.25) is 0 Å². The second-order valence-electron chi connectivity index (χ2n) is 4.47. The van der Waals surface area contributed by atoms with Gasteiger partial charge in [-0.15, -0.1) is 0 Å². The molecule has 0 radical (unpaired) electrons. The lowest BCUT2D eigenvalue weighted by molar-refractivity contribution is 0.299. The first-order chi connectivity index (χ1) is 9.76. The number of ether oxygens (including phenoxy) is 2. The van der Waals surface area contributed by atoms with Gasteiger partial charge in [-0.05, 0) is 36.4 Å². The van der Waals surface area contributed by atoms with Crippen molar-refractivity contribution >= 4 is 10.9 Å². The molecule has 4 heteroatoms. The Kier molecular flexibility index (Phi) is 3.29. The molecule has 0 saturated carbocycles. The van der Waals surface area contributed by atoms with Crippen molar-refractivity contribution in [2.75, 3.05) is 7.11 Å². The van der Waals surface area contributed by atoms with Crippen LogP contribution in [0, 0.1) is 5.82 Å². The summed E-state index contributed by atoms with van der Waals surface area (Å²) in [6.45, 7) is 0.186. The van der Waals surface area contributed by atoms with Crippen molar-refractivity contribution in [1.29, 1.82) is 0 Å². The van der Waals surface area contributed by atoms with Crippen LogP contribution in [-0.2, 0) is 6.61 Å². The minimum absolute atomic E-state index is 0.186. The monoisotopic (exact) mass is 271 g/mol. The Labute approximate surface area is 116 Å². The minimum Gasteiger partial charge on any atom is -0.497 e. The Balaban J connectivity index is 1.75. The van der Waals surface area contributed by atoms with E-state index in [1.54, 1.807) is 12.1 Å². The maximum Gasteiger partial charge on any atom is 0.133 e. The average Bonchev–Trinajstić information content (AvgIpc) is 2.93. The molecule has 0 spiro atoms. The van der Waals surface area contributed by atoms with Gasteiger partial charge in [0.15, 0.2) is 0 Å². The van der Waals surface area contributed by atoms with Gasteiger partial charge in [0.1, 0.15) is 23.9 Å². The van der Waals surface area contributed by atoms with Gasteiger partial charge in [0.2, 0.25) is 0 Å². The van der Waals surface area contributed by atoms with Crippen molar-refractivity contribution in [2.24, 2.45) is 0 Å². The van der Waals surface area contributed by atoms with Gasteiger partial charge in [-0.2, -0.15) is 0 Å². The normalized spacial score (nSPS) is 10.7. The van der Waals surface area contributed by atoms with Crippen LogP contribution < -0.4 is 9.47 Å². The molecule has 0 bridgehead atoms. The van der Waals surface area contributed by atoms with E-state index in [9.17, 15) is 4.39 Å². The molecule has 0 aliphatic carbocycles. The molecule has 102 valence electrons. The number of rotatable bonds is 4. The summed E-state index contributed by atoms with van der Waals surface area (Å²) in [5, 5.41) is 1.07. The van der Waals surface area contributed by atoms with Crippen LogP contribution >= 0.6 is 0 Å². The predicted octanol–water partition coefficient (Wildman–Crippen LogP) is 3.89. The van der Waals surface area contributed by atoms with Crippen LogP contribution in [0.1, 0.15) is 5.56 Å². The Bertz CT molecular complexity index is 736. The fourth-order valence-electron chi connectivity index (χ4n) is 2.05. The summed E-state index contributed by atoms with van der Waals surface area (Å²) in [7, 11) is 1.51. The third kappa shape index (κ3) is 2.45. The highest BCUT2D eigenvalue weighted by atomic mass is 19.1. The zero-order valence-electron chi connectivity index (χ0n) is 11.0. The van der Waals surface area contributed by atoms with E-state index < -0.39 is 0 Å². The maximum atomic E-state index is 13.8. The molecule has 0 saturated heterocycles. The van der Waals surface area contributed by atoms with Crippen LogP contribution in [-0.4, -0.2) is 12.1 Å². The summed E-state index contributed by atoms with van der Waals surface area (Å²) in [6.07, 6.45) is 1.87. The topological polar surface area (TPSA) is 34.2 Å². The van der Waals surface area contributed by atoms with Gasteiger partial charge in [-0.1, -0.05) is 0 Å². The SMILES string of the molecule is COc1ccc(COc2ccc3[nH]ccc3c2)c(F)c1. The largest absolute Gasteiger partial charge is 0.497 e. The van der Waals surface area contributed by atoms with Crippen LogP contribution in [0.4, 0.5) is 4.39 Å². The predicted molar refractivity (Wildman–Crippen MR) is 75.6 cm³/mol. The van der Waals surface area contributed by atoms with E-state index in [2.05, 4.69) is 4.98 Å². The van der Waals surface area contributed by atoms with Gasteiger partial charge in [0.25, 0.3) is 0 Å². The molecule has 2 aromatic carbocycles. The van der Waals surface area contributed by atoms with E-state index in [4.69, 9.17) is 9.47 Å². The molecule has 0 atom stereocenters. The summed E-state index contributed by atoms with van der Waals surface area (Å²) >= 11 is 0. The van der Waals surface area contributed by atoms with E-state index in [0.29, 0.717) is 17.1 Å². The van der Waals surface area contributed by atoms with Gasteiger partial charge in [-0.25, -0.2) is 4.39 Å². The molecule has 3 aromatic rings. The highest BCUT2D eigenvalue weighted by Gasteiger charge is 2.05. The standard InChI is InChI=1S/C16H14FNO2/c1-19-13-3-2-12(15(17)9-13)10-20-14-4-5-16-11(8-14)6-7-18-16/h2-9,18H,10H2,1H3. The number of aromatic nitrogens is 1. The van der Waals surface area contributed by atoms with E-state index in [0.717, 1.165) is 10.9 Å². The fraction of sp³-hybridized carbons (Fsp3) is 0.125. The molecule has 0 amide bonds. The van der Waals surface area contributed by atoms with Crippen molar-refractivity contribution in [3.63, 3.8) is 0 Å². The molecular formula is C16H14FNO2. The average molecular weight is 271 g/mol. The third-order valence-corrected chi connectivity index (χ3v) is 3.18. The second kappa shape index (κ2) is 5.25. The number of hydrogen-bond donors (Lipinski definition) is 1. The third-order valence-electron chi connectivity index (χ3n) is 3.18. The Morgan fingerprint density at radius 2 is 1.90 bits per heavy atom. The van der Waals surface area contributed by atoms with Crippen LogP contribution in [0.15, 0.2) is 48.7 Å². The first-order valence-electron chi connectivity index (χ1n) is 6.28. The highest BCUT2D eigenvalue weighted by molar-refractivity contribution is 5.80. The number of methoxy groups -OCH3 is 1. The number of benzene rings is 2. The van der Waals surface area contributed by atoms with Crippen LogP contribution in [0.5, 0.6) is 11.5 Å². The Morgan fingerprint density at radius 3 is 2.70 bits per heavy atom. The van der Waals surface area contributed by atoms with Crippen molar-refractivity contribution in [2.45, 2.75) is 6.61 Å². The van der Waals surface area contributed by atoms with E-state index in [1.165, 1.54) is 13.2 Å². The van der Waals surface area contributed by atoms with E-state index >= 15 is 0 Å². The minimum atomic E-state index is -0.327. The number of H-pyrrole nitrogens is 1. The first-order valence-corrected chi connectivity index (χ1v) is 6.28. The number of hydrogen-bond acceptors (Lipinski definition) is 2. The van der Waals surface area contributed by atoms with Crippen molar-refractivity contribution in [1.82, 2.24) is 4.98 Å². The molecule has 20 heavy (non-hydrogen) atoms. The molecule has 1 N–H and O–H groups in total. The van der Waals surface area contributed by atoms with Gasteiger partial charge in [0, 0.05) is 28.7 Å². The van der Waals surface area contributed by atoms with Crippen LogP contribution in [0.25, 0.3) is 10.9 Å². The zero-order chi connectivity index (χ0) is 13.9. The lowest BCUT2D eigenvalue weighted by Crippen LogP contribution is -1.99. The Hall–Kier alpha value is -2.49. The number of nitrogens with one attached hydrogen (secondary N) is 1. The van der Waals surface area contributed by atoms with Gasteiger partial charge >= 0.3 is 0 Å². The van der Waals surface area contributed by atoms with Crippen molar-refractivity contribution < 1.29 is 13.9 Å². The lowest BCUT2D eigenvalue weighted by Gasteiger charge is -2.08. The molecule has 0 aliphatic heterocycles. The van der Waals surface area contributed by atoms with E-state index in [-0.39, 0.29) is 12.4 Å². The zero-order valence-corrected chi connectivity index (χ0v) is 11.0. The number of aromatic amines is 1. The quantitative estimate of drug-likeness (QED) is 0.781. The highest BCUT2D eigenvalue weighted by Crippen LogP contribution is 2.22. The molecule has 3 rings (SSSR count). The summed E-state index contributed by atoms with van der Waals surface area (Å²) in [5.74, 6) is 0.888. The summed E-state index contributed by atoms with van der Waals surface area (Å²) in [5.41, 5.74) is 1.55. The first kappa shape index (κ1) is 12.5. The second-order valence-corrected chi connectivity index (χ2v) is 4.47. The van der Waals surface area contributed by atoms with Gasteiger partial charge < -0.3 is 14.5 Å². The lowest BCUT2D eigenvalue weighted by atomic mass is 10.2. The summed E-state index contributed by atoms with van der Waals surface area (Å²) < 4.78 is 24.4. The maximum absolute atomic E-state index is 13.8. The summed E-state index contributed by atoms with van der Waals surface area (Å²) in [6, 6.07) is 12.4. The fourth-order valence-corrected chi connectivity index (χ4v) is 2.05. The molecule has 0 unspecified atom stereocenters.